The molecule has 112 valence electrons. The van der Waals surface area contributed by atoms with Crippen LogP contribution in [-0.4, -0.2) is 7.11 Å². The van der Waals surface area contributed by atoms with Crippen LogP contribution in [0.5, 0.6) is 5.75 Å². The van der Waals surface area contributed by atoms with E-state index in [9.17, 15) is 8.78 Å². The van der Waals surface area contributed by atoms with Crippen LogP contribution in [0.25, 0.3) is 0 Å². The van der Waals surface area contributed by atoms with E-state index in [1.54, 1.807) is 14.0 Å². The second-order valence-electron chi connectivity index (χ2n) is 5.04. The summed E-state index contributed by atoms with van der Waals surface area (Å²) in [5, 5.41) is 3.19. The molecule has 2 aromatic rings. The molecule has 21 heavy (non-hydrogen) atoms. The fraction of sp³-hybridized carbons (Fsp3) is 0.294. The lowest BCUT2D eigenvalue weighted by atomic mass is 10.0. The molecule has 4 heteroatoms. The van der Waals surface area contributed by atoms with Gasteiger partial charge in [0.05, 0.1) is 7.11 Å². The standard InChI is InChI=1S/C17H19F2NO/c1-11-8-16(19)14(9-15(11)18)12(2)20-10-13-6-4-5-7-17(13)21-3/h4-9,12,20H,10H2,1-3H3. The maximum Gasteiger partial charge on any atom is 0.128 e. The molecule has 1 N–H and O–H groups in total. The van der Waals surface area contributed by atoms with Crippen molar-refractivity contribution in [3.8, 4) is 5.75 Å². The Bertz CT molecular complexity index is 628. The summed E-state index contributed by atoms with van der Waals surface area (Å²) >= 11 is 0. The van der Waals surface area contributed by atoms with Crippen molar-refractivity contribution in [1.29, 1.82) is 0 Å². The van der Waals surface area contributed by atoms with Gasteiger partial charge in [-0.3, -0.25) is 0 Å². The highest BCUT2D eigenvalue weighted by Gasteiger charge is 2.14. The largest absolute Gasteiger partial charge is 0.496 e. The third-order valence-electron chi connectivity index (χ3n) is 3.54. The van der Waals surface area contributed by atoms with Crippen molar-refractivity contribution in [1.82, 2.24) is 5.32 Å². The highest BCUT2D eigenvalue weighted by molar-refractivity contribution is 5.33. The highest BCUT2D eigenvalue weighted by atomic mass is 19.1. The summed E-state index contributed by atoms with van der Waals surface area (Å²) in [4.78, 5) is 0. The molecule has 0 heterocycles. The summed E-state index contributed by atoms with van der Waals surface area (Å²) < 4.78 is 32.8. The molecule has 0 saturated heterocycles. The van der Waals surface area contributed by atoms with Crippen molar-refractivity contribution in [2.45, 2.75) is 26.4 Å². The number of hydrogen-bond acceptors (Lipinski definition) is 2. The summed E-state index contributed by atoms with van der Waals surface area (Å²) in [5.74, 6) is -0.0148. The van der Waals surface area contributed by atoms with Gasteiger partial charge in [0.2, 0.25) is 0 Å². The fourth-order valence-electron chi connectivity index (χ4n) is 2.22. The minimum Gasteiger partial charge on any atom is -0.496 e. The third kappa shape index (κ3) is 3.58. The minimum atomic E-state index is -0.395. The molecule has 0 amide bonds. The van der Waals surface area contributed by atoms with Crippen LogP contribution in [0.15, 0.2) is 36.4 Å². The summed E-state index contributed by atoms with van der Waals surface area (Å²) in [6.45, 7) is 3.87. The van der Waals surface area contributed by atoms with Crippen LogP contribution in [0.2, 0.25) is 0 Å². The van der Waals surface area contributed by atoms with Crippen LogP contribution < -0.4 is 10.1 Å². The molecular weight excluding hydrogens is 272 g/mol. The van der Waals surface area contributed by atoms with Crippen molar-refractivity contribution >= 4 is 0 Å². The number of rotatable bonds is 5. The smallest absolute Gasteiger partial charge is 0.128 e. The topological polar surface area (TPSA) is 21.3 Å². The van der Waals surface area contributed by atoms with Crippen molar-refractivity contribution < 1.29 is 13.5 Å². The molecule has 2 nitrogen and oxygen atoms in total. The Morgan fingerprint density at radius 2 is 1.86 bits per heavy atom. The first-order valence-corrected chi connectivity index (χ1v) is 6.83. The van der Waals surface area contributed by atoms with E-state index in [-0.39, 0.29) is 6.04 Å². The van der Waals surface area contributed by atoms with Gasteiger partial charge in [0.25, 0.3) is 0 Å². The number of halogens is 2. The van der Waals surface area contributed by atoms with Gasteiger partial charge in [-0.2, -0.15) is 0 Å². The van der Waals surface area contributed by atoms with Gasteiger partial charge < -0.3 is 10.1 Å². The van der Waals surface area contributed by atoms with Gasteiger partial charge in [0.1, 0.15) is 17.4 Å². The van der Waals surface area contributed by atoms with Crippen LogP contribution in [0.3, 0.4) is 0 Å². The molecule has 1 atom stereocenters. The molecule has 0 aliphatic carbocycles. The van der Waals surface area contributed by atoms with E-state index in [1.807, 2.05) is 31.2 Å². The second kappa shape index (κ2) is 6.68. The van der Waals surface area contributed by atoms with Crippen molar-refractivity contribution in [3.63, 3.8) is 0 Å². The van der Waals surface area contributed by atoms with Crippen molar-refractivity contribution in [2.24, 2.45) is 0 Å². The van der Waals surface area contributed by atoms with E-state index in [4.69, 9.17) is 4.74 Å². The zero-order valence-corrected chi connectivity index (χ0v) is 12.4. The van der Waals surface area contributed by atoms with E-state index in [0.29, 0.717) is 17.7 Å². The second-order valence-corrected chi connectivity index (χ2v) is 5.04. The lowest BCUT2D eigenvalue weighted by Gasteiger charge is -2.17. The zero-order valence-electron chi connectivity index (χ0n) is 12.4. The highest BCUT2D eigenvalue weighted by Crippen LogP contribution is 2.22. The molecule has 0 aliphatic rings. The number of methoxy groups -OCH3 is 1. The lowest BCUT2D eigenvalue weighted by molar-refractivity contribution is 0.405. The van der Waals surface area contributed by atoms with Crippen LogP contribution in [0, 0.1) is 18.6 Å². The van der Waals surface area contributed by atoms with E-state index in [0.717, 1.165) is 11.3 Å². The van der Waals surface area contributed by atoms with E-state index in [2.05, 4.69) is 5.32 Å². The van der Waals surface area contributed by atoms with E-state index >= 15 is 0 Å². The maximum absolute atomic E-state index is 13.9. The van der Waals surface area contributed by atoms with Gasteiger partial charge in [-0.05, 0) is 37.6 Å². The first-order valence-electron chi connectivity index (χ1n) is 6.83. The Hall–Kier alpha value is -1.94. The molecular formula is C17H19F2NO. The fourth-order valence-corrected chi connectivity index (χ4v) is 2.22. The van der Waals surface area contributed by atoms with Gasteiger partial charge in [0.15, 0.2) is 0 Å². The van der Waals surface area contributed by atoms with Crippen LogP contribution in [-0.2, 0) is 6.54 Å². The molecule has 1 unspecified atom stereocenters. The Morgan fingerprint density at radius 3 is 2.57 bits per heavy atom. The molecule has 0 aromatic heterocycles. The van der Waals surface area contributed by atoms with Crippen molar-refractivity contribution in [3.05, 3.63) is 64.7 Å². The number of benzene rings is 2. The number of hydrogen-bond donors (Lipinski definition) is 1. The number of ether oxygens (including phenoxy) is 1. The Kier molecular flexibility index (Phi) is 4.91. The van der Waals surface area contributed by atoms with E-state index < -0.39 is 11.6 Å². The van der Waals surface area contributed by atoms with E-state index in [1.165, 1.54) is 12.1 Å². The molecule has 0 saturated carbocycles. The van der Waals surface area contributed by atoms with Crippen molar-refractivity contribution in [2.75, 3.05) is 7.11 Å². The monoisotopic (exact) mass is 291 g/mol. The predicted molar refractivity (Wildman–Crippen MR) is 79.3 cm³/mol. The average Bonchev–Trinajstić information content (AvgIpc) is 2.48. The Balaban J connectivity index is 2.12. The third-order valence-corrected chi connectivity index (χ3v) is 3.54. The van der Waals surface area contributed by atoms with Crippen LogP contribution >= 0.6 is 0 Å². The number of nitrogens with one attached hydrogen (secondary N) is 1. The lowest BCUT2D eigenvalue weighted by Crippen LogP contribution is -2.20. The summed E-state index contributed by atoms with van der Waals surface area (Å²) in [6, 6.07) is 9.79. The molecule has 0 aliphatic heterocycles. The predicted octanol–water partition coefficient (Wildman–Crippen LogP) is 4.13. The first-order chi connectivity index (χ1) is 10.0. The van der Waals surface area contributed by atoms with Gasteiger partial charge in [-0.15, -0.1) is 0 Å². The summed E-state index contributed by atoms with van der Waals surface area (Å²) in [7, 11) is 1.61. The molecule has 2 aromatic carbocycles. The SMILES string of the molecule is COc1ccccc1CNC(C)c1cc(F)c(C)cc1F. The Morgan fingerprint density at radius 1 is 1.14 bits per heavy atom. The Labute approximate surface area is 123 Å². The molecule has 0 fully saturated rings. The summed E-state index contributed by atoms with van der Waals surface area (Å²) in [5.41, 5.74) is 1.61. The zero-order chi connectivity index (χ0) is 15.4. The molecule has 0 spiro atoms. The normalized spacial score (nSPS) is 12.2. The molecule has 0 radical (unpaired) electrons. The summed E-state index contributed by atoms with van der Waals surface area (Å²) in [6.07, 6.45) is 0. The van der Waals surface area contributed by atoms with Gasteiger partial charge in [-0.1, -0.05) is 18.2 Å². The first kappa shape index (κ1) is 15.4. The van der Waals surface area contributed by atoms with Crippen LogP contribution in [0.1, 0.15) is 29.7 Å². The average molecular weight is 291 g/mol. The van der Waals surface area contributed by atoms with Gasteiger partial charge in [-0.25, -0.2) is 8.78 Å². The maximum atomic E-state index is 13.9. The van der Waals surface area contributed by atoms with Gasteiger partial charge >= 0.3 is 0 Å². The number of aryl methyl sites for hydroxylation is 1. The number of para-hydroxylation sites is 1. The minimum absolute atomic E-state index is 0.301. The quantitative estimate of drug-likeness (QED) is 0.894. The van der Waals surface area contributed by atoms with Gasteiger partial charge in [0, 0.05) is 23.7 Å². The van der Waals surface area contributed by atoms with Crippen LogP contribution in [0.4, 0.5) is 8.78 Å². The molecule has 2 rings (SSSR count). The molecule has 0 bridgehead atoms.